The van der Waals surface area contributed by atoms with Crippen molar-refractivity contribution < 1.29 is 18.3 Å². The summed E-state index contributed by atoms with van der Waals surface area (Å²) in [6.45, 7) is 1.03. The molecule has 0 unspecified atom stereocenters. The lowest BCUT2D eigenvalue weighted by molar-refractivity contribution is 0.0787. The molecule has 30 heavy (non-hydrogen) atoms. The third-order valence-corrected chi connectivity index (χ3v) is 5.40. The van der Waals surface area contributed by atoms with Gasteiger partial charge >= 0.3 is 0 Å². The third kappa shape index (κ3) is 3.01. The van der Waals surface area contributed by atoms with Gasteiger partial charge in [0.05, 0.1) is 19.4 Å². The maximum Gasteiger partial charge on any atom is 0.254 e. The van der Waals surface area contributed by atoms with Crippen molar-refractivity contribution in [3.63, 3.8) is 0 Å². The number of imidazole rings is 1. The van der Waals surface area contributed by atoms with Gasteiger partial charge < -0.3 is 18.6 Å². The van der Waals surface area contributed by atoms with Crippen LogP contribution >= 0.6 is 0 Å². The van der Waals surface area contributed by atoms with Gasteiger partial charge in [-0.25, -0.2) is 14.4 Å². The molecule has 0 N–H and O–H groups in total. The van der Waals surface area contributed by atoms with E-state index in [2.05, 4.69) is 4.98 Å². The molecule has 8 heteroatoms. The van der Waals surface area contributed by atoms with Gasteiger partial charge in [-0.1, -0.05) is 0 Å². The number of carbonyl (C=O) groups excluding carboxylic acids is 1. The number of likely N-dealkylation sites (tertiary alicyclic amines) is 1. The molecule has 0 aliphatic carbocycles. The van der Waals surface area contributed by atoms with Crippen LogP contribution in [0.5, 0.6) is 5.75 Å². The maximum atomic E-state index is 14.1. The largest absolute Gasteiger partial charge is 0.494 e. The highest BCUT2D eigenvalue weighted by atomic mass is 19.1. The summed E-state index contributed by atoms with van der Waals surface area (Å²) in [5.41, 5.74) is 1.82. The lowest BCUT2D eigenvalue weighted by Gasteiger charge is -2.18. The first-order chi connectivity index (χ1) is 14.7. The van der Waals surface area contributed by atoms with Gasteiger partial charge in [0.15, 0.2) is 28.8 Å². The Hall–Kier alpha value is -3.68. The lowest BCUT2D eigenvalue weighted by atomic mass is 10.2. The molecule has 7 nitrogen and oxygen atoms in total. The van der Waals surface area contributed by atoms with Gasteiger partial charge in [0.1, 0.15) is 5.52 Å². The van der Waals surface area contributed by atoms with Gasteiger partial charge in [-0.05, 0) is 48.9 Å². The molecule has 0 bridgehead atoms. The maximum absolute atomic E-state index is 14.1. The Morgan fingerprint density at radius 1 is 1.27 bits per heavy atom. The molecule has 0 spiro atoms. The van der Waals surface area contributed by atoms with Crippen LogP contribution in [-0.2, 0) is 0 Å². The second-order valence-electron chi connectivity index (χ2n) is 7.17. The molecule has 152 valence electrons. The number of methoxy groups -OCH3 is 1. The van der Waals surface area contributed by atoms with Gasteiger partial charge in [0, 0.05) is 24.8 Å². The summed E-state index contributed by atoms with van der Waals surface area (Å²) >= 11 is 0. The number of benzene rings is 1. The summed E-state index contributed by atoms with van der Waals surface area (Å²) in [5, 5.41) is 0. The molecular weight excluding hydrogens is 387 g/mol. The Labute approximate surface area is 171 Å². The van der Waals surface area contributed by atoms with Crippen molar-refractivity contribution in [1.82, 2.24) is 19.4 Å². The van der Waals surface area contributed by atoms with Gasteiger partial charge in [-0.3, -0.25) is 4.79 Å². The molecule has 3 aromatic heterocycles. The van der Waals surface area contributed by atoms with E-state index >= 15 is 0 Å². The first-order valence-electron chi connectivity index (χ1n) is 9.65. The zero-order valence-corrected chi connectivity index (χ0v) is 16.3. The van der Waals surface area contributed by atoms with Crippen molar-refractivity contribution in [2.75, 3.05) is 20.2 Å². The minimum Gasteiger partial charge on any atom is -0.494 e. The number of hydrogen-bond donors (Lipinski definition) is 0. The Kier molecular flexibility index (Phi) is 4.46. The molecule has 1 aliphatic rings. The summed E-state index contributed by atoms with van der Waals surface area (Å²) in [5.74, 6) is 0.684. The van der Waals surface area contributed by atoms with E-state index in [0.29, 0.717) is 30.2 Å². The van der Waals surface area contributed by atoms with E-state index in [9.17, 15) is 9.18 Å². The van der Waals surface area contributed by atoms with E-state index in [0.717, 1.165) is 17.6 Å². The van der Waals surface area contributed by atoms with E-state index in [-0.39, 0.29) is 17.7 Å². The first kappa shape index (κ1) is 18.4. The molecule has 4 heterocycles. The number of pyridine rings is 1. The number of rotatable bonds is 4. The van der Waals surface area contributed by atoms with Crippen molar-refractivity contribution in [3.8, 4) is 17.3 Å². The van der Waals surface area contributed by atoms with Crippen LogP contribution in [0.4, 0.5) is 4.39 Å². The van der Waals surface area contributed by atoms with Crippen LogP contribution in [0.3, 0.4) is 0 Å². The van der Waals surface area contributed by atoms with E-state index in [4.69, 9.17) is 14.1 Å². The fourth-order valence-corrected chi connectivity index (χ4v) is 3.97. The van der Waals surface area contributed by atoms with E-state index in [1.165, 1.54) is 19.2 Å². The predicted octanol–water partition coefficient (Wildman–Crippen LogP) is 3.93. The summed E-state index contributed by atoms with van der Waals surface area (Å²) in [6, 6.07) is 11.7. The molecule has 0 radical (unpaired) electrons. The highest BCUT2D eigenvalue weighted by molar-refractivity contribution is 5.94. The Morgan fingerprint density at radius 2 is 2.17 bits per heavy atom. The number of aromatic nitrogens is 3. The predicted molar refractivity (Wildman–Crippen MR) is 108 cm³/mol. The van der Waals surface area contributed by atoms with Crippen LogP contribution in [0.2, 0.25) is 0 Å². The lowest BCUT2D eigenvalue weighted by Crippen LogP contribution is -2.29. The normalized spacial score (nSPS) is 16.3. The average Bonchev–Trinajstić information content (AvgIpc) is 3.51. The van der Waals surface area contributed by atoms with Crippen LogP contribution < -0.4 is 4.74 Å². The molecule has 4 aromatic rings. The monoisotopic (exact) mass is 406 g/mol. The molecule has 5 rings (SSSR count). The van der Waals surface area contributed by atoms with E-state index < -0.39 is 5.82 Å². The Morgan fingerprint density at radius 3 is 2.93 bits per heavy atom. The summed E-state index contributed by atoms with van der Waals surface area (Å²) in [7, 11) is 1.39. The number of ether oxygens (including phenoxy) is 1. The minimum absolute atomic E-state index is 0.0166. The minimum atomic E-state index is -0.552. The Balaban J connectivity index is 1.46. The second-order valence-corrected chi connectivity index (χ2v) is 7.17. The fourth-order valence-electron chi connectivity index (χ4n) is 3.97. The summed E-state index contributed by atoms with van der Waals surface area (Å²) in [4.78, 5) is 23.9. The smallest absolute Gasteiger partial charge is 0.254 e. The fraction of sp³-hybridized carbons (Fsp3) is 0.227. The number of fused-ring (bicyclic) bond motifs is 1. The molecule has 1 fully saturated rings. The van der Waals surface area contributed by atoms with Gasteiger partial charge in [-0.15, -0.1) is 0 Å². The molecular formula is C22H19FN4O3. The molecule has 1 atom stereocenters. The van der Waals surface area contributed by atoms with Crippen LogP contribution in [0, 0.1) is 5.82 Å². The molecule has 0 saturated carbocycles. The topological polar surface area (TPSA) is 73.4 Å². The zero-order chi connectivity index (χ0) is 20.7. The number of furan rings is 1. The van der Waals surface area contributed by atoms with E-state index in [1.54, 1.807) is 23.4 Å². The van der Waals surface area contributed by atoms with Crippen molar-refractivity contribution in [1.29, 1.82) is 0 Å². The molecule has 1 aliphatic heterocycles. The van der Waals surface area contributed by atoms with Gasteiger partial charge in [0.2, 0.25) is 0 Å². The van der Waals surface area contributed by atoms with Crippen molar-refractivity contribution in [2.45, 2.75) is 12.5 Å². The van der Waals surface area contributed by atoms with Crippen LogP contribution in [0.25, 0.3) is 22.7 Å². The van der Waals surface area contributed by atoms with Gasteiger partial charge in [-0.2, -0.15) is 0 Å². The van der Waals surface area contributed by atoms with Crippen molar-refractivity contribution >= 4 is 17.1 Å². The highest BCUT2D eigenvalue weighted by Crippen LogP contribution is 2.33. The number of halogens is 1. The first-order valence-corrected chi connectivity index (χ1v) is 9.65. The number of nitrogens with zero attached hydrogens (tertiary/aromatic N) is 4. The van der Waals surface area contributed by atoms with Crippen LogP contribution in [-0.4, -0.2) is 45.5 Å². The molecule has 1 saturated heterocycles. The second kappa shape index (κ2) is 7.29. The summed E-state index contributed by atoms with van der Waals surface area (Å²) in [6.07, 6.45) is 4.07. The highest BCUT2D eigenvalue weighted by Gasteiger charge is 2.32. The Bertz CT molecular complexity index is 1220. The van der Waals surface area contributed by atoms with Crippen LogP contribution in [0.1, 0.15) is 22.8 Å². The average molecular weight is 406 g/mol. The number of carbonyl (C=O) groups is 1. The summed E-state index contributed by atoms with van der Waals surface area (Å²) < 4.78 is 26.6. The third-order valence-electron chi connectivity index (χ3n) is 5.40. The quantitative estimate of drug-likeness (QED) is 0.514. The van der Waals surface area contributed by atoms with E-state index in [1.807, 2.05) is 28.8 Å². The zero-order valence-electron chi connectivity index (χ0n) is 16.3. The number of amides is 1. The molecule has 1 aromatic carbocycles. The van der Waals surface area contributed by atoms with Gasteiger partial charge in [0.25, 0.3) is 5.91 Å². The van der Waals surface area contributed by atoms with Crippen molar-refractivity contribution in [3.05, 3.63) is 66.3 Å². The SMILES string of the molecule is COc1ccc(C(=O)N2CC[C@H](n3c(-c4ccco4)nc4cccnc43)C2)cc1F. The standard InChI is InChI=1S/C22H19FN4O3/c1-29-18-7-6-14(12-16(18)23)22(28)26-10-8-15(13-26)27-20-17(4-2-9-24-20)25-21(27)19-5-3-11-30-19/h2-7,9,11-12,15H,8,10,13H2,1H3/t15-/m0/s1. The van der Waals surface area contributed by atoms with Crippen LogP contribution in [0.15, 0.2) is 59.3 Å². The number of hydrogen-bond acceptors (Lipinski definition) is 5. The molecule has 1 amide bonds. The van der Waals surface area contributed by atoms with Crippen molar-refractivity contribution in [2.24, 2.45) is 0 Å².